The highest BCUT2D eigenvalue weighted by molar-refractivity contribution is 6.30. The van der Waals surface area contributed by atoms with Crippen molar-refractivity contribution in [1.82, 2.24) is 10.2 Å². The smallest absolute Gasteiger partial charge is 0.321 e. The first-order chi connectivity index (χ1) is 18.6. The third kappa shape index (κ3) is 6.30. The molecule has 38 heavy (non-hydrogen) atoms. The minimum absolute atomic E-state index is 0.0292. The van der Waals surface area contributed by atoms with Crippen LogP contribution in [0.2, 0.25) is 5.02 Å². The number of anilines is 1. The third-order valence-electron chi connectivity index (χ3n) is 9.21. The first kappa shape index (κ1) is 26.0. The van der Waals surface area contributed by atoms with E-state index in [1.54, 1.807) is 0 Å². The molecule has 4 aliphatic rings. The van der Waals surface area contributed by atoms with E-state index in [2.05, 4.69) is 22.8 Å². The molecule has 0 aromatic heterocycles. The van der Waals surface area contributed by atoms with E-state index in [0.29, 0.717) is 18.0 Å². The van der Waals surface area contributed by atoms with Gasteiger partial charge in [0.05, 0.1) is 0 Å². The minimum atomic E-state index is -0.0292. The lowest BCUT2D eigenvalue weighted by Gasteiger charge is -2.46. The van der Waals surface area contributed by atoms with Crippen molar-refractivity contribution in [2.45, 2.75) is 75.5 Å². The molecule has 0 aliphatic carbocycles. The van der Waals surface area contributed by atoms with Gasteiger partial charge in [-0.2, -0.15) is 0 Å². The SMILES string of the molecule is O=C(Nc1ccc(O[C@H]2C[C@H]3CC(C4CCOCC4)C[C@@H](C2)N3)cc1)N1CCC(c2ccc(Cl)cc2)CC1. The summed E-state index contributed by atoms with van der Waals surface area (Å²) in [5, 5.41) is 7.68. The van der Waals surface area contributed by atoms with Crippen molar-refractivity contribution in [2.75, 3.05) is 31.6 Å². The topological polar surface area (TPSA) is 62.8 Å². The molecule has 1 unspecified atom stereocenters. The van der Waals surface area contributed by atoms with Crippen molar-refractivity contribution in [3.05, 3.63) is 59.1 Å². The van der Waals surface area contributed by atoms with E-state index in [1.165, 1.54) is 31.2 Å². The van der Waals surface area contributed by atoms with Crippen LogP contribution in [0.1, 0.15) is 62.8 Å². The molecule has 0 spiro atoms. The Kier molecular flexibility index (Phi) is 8.10. The summed E-state index contributed by atoms with van der Waals surface area (Å²) in [5.74, 6) is 3.04. The quantitative estimate of drug-likeness (QED) is 0.459. The summed E-state index contributed by atoms with van der Waals surface area (Å²) in [4.78, 5) is 14.8. The number of likely N-dealkylation sites (tertiary alicyclic amines) is 1. The van der Waals surface area contributed by atoms with Gasteiger partial charge in [-0.3, -0.25) is 0 Å². The van der Waals surface area contributed by atoms with Crippen LogP contribution in [-0.2, 0) is 4.74 Å². The fourth-order valence-electron chi connectivity index (χ4n) is 7.19. The first-order valence-corrected chi connectivity index (χ1v) is 14.9. The van der Waals surface area contributed by atoms with Crippen LogP contribution < -0.4 is 15.4 Å². The van der Waals surface area contributed by atoms with Crippen molar-refractivity contribution in [3.8, 4) is 5.75 Å². The number of benzene rings is 2. The molecule has 4 saturated heterocycles. The summed E-state index contributed by atoms with van der Waals surface area (Å²) in [7, 11) is 0. The zero-order valence-corrected chi connectivity index (χ0v) is 22.9. The van der Waals surface area contributed by atoms with Crippen LogP contribution in [0.3, 0.4) is 0 Å². The standard InChI is InChI=1S/C31H40ClN3O3/c32-25-3-1-21(2-4-25)22-9-13-35(14-10-22)31(36)34-26-5-7-29(8-6-26)38-30-19-27-17-24(18-28(20-30)33-27)23-11-15-37-16-12-23/h1-8,22-24,27-28,30,33H,9-20H2,(H,34,36)/t24?,27-,28+,30+. The normalized spacial score (nSPS) is 28.6. The third-order valence-corrected chi connectivity index (χ3v) is 9.46. The van der Waals surface area contributed by atoms with Crippen LogP contribution in [0.25, 0.3) is 0 Å². The number of urea groups is 1. The molecule has 7 heteroatoms. The second-order valence-corrected chi connectivity index (χ2v) is 12.2. The van der Waals surface area contributed by atoms with Crippen molar-refractivity contribution in [2.24, 2.45) is 11.8 Å². The lowest BCUT2D eigenvalue weighted by molar-refractivity contribution is 0.0127. The van der Waals surface area contributed by atoms with Gasteiger partial charge in [-0.1, -0.05) is 23.7 Å². The van der Waals surface area contributed by atoms with Crippen LogP contribution in [-0.4, -0.2) is 55.4 Å². The molecule has 4 heterocycles. The highest BCUT2D eigenvalue weighted by Gasteiger charge is 2.39. The highest BCUT2D eigenvalue weighted by Crippen LogP contribution is 2.38. The molecular weight excluding hydrogens is 498 g/mol. The maximum atomic E-state index is 12.9. The highest BCUT2D eigenvalue weighted by atomic mass is 35.5. The second kappa shape index (κ2) is 11.8. The van der Waals surface area contributed by atoms with Gasteiger partial charge in [0.25, 0.3) is 0 Å². The van der Waals surface area contributed by atoms with Gasteiger partial charge in [0.15, 0.2) is 0 Å². The molecule has 6 rings (SSSR count). The summed E-state index contributed by atoms with van der Waals surface area (Å²) < 4.78 is 12.0. The largest absolute Gasteiger partial charge is 0.490 e. The fraction of sp³-hybridized carbons (Fsp3) is 0.581. The van der Waals surface area contributed by atoms with Gasteiger partial charge in [-0.05, 0) is 111 Å². The molecule has 4 atom stereocenters. The zero-order valence-electron chi connectivity index (χ0n) is 22.1. The van der Waals surface area contributed by atoms with Crippen molar-refractivity contribution < 1.29 is 14.3 Å². The van der Waals surface area contributed by atoms with Crippen LogP contribution in [0, 0.1) is 11.8 Å². The molecule has 0 saturated carbocycles. The Balaban J connectivity index is 0.958. The summed E-state index contributed by atoms with van der Waals surface area (Å²) in [6.45, 7) is 3.39. The molecule has 2 aromatic rings. The van der Waals surface area contributed by atoms with Gasteiger partial charge < -0.3 is 25.0 Å². The number of piperidine rings is 3. The number of ether oxygens (including phenoxy) is 2. The van der Waals surface area contributed by atoms with Gasteiger partial charge in [0.1, 0.15) is 11.9 Å². The number of amides is 2. The molecule has 4 fully saturated rings. The summed E-state index contributed by atoms with van der Waals surface area (Å²) in [6.07, 6.45) is 9.33. The predicted octanol–water partition coefficient (Wildman–Crippen LogP) is 6.46. The molecule has 2 N–H and O–H groups in total. The molecule has 2 amide bonds. The second-order valence-electron chi connectivity index (χ2n) is 11.7. The number of halogens is 1. The number of hydrogen-bond acceptors (Lipinski definition) is 4. The number of carbonyl (C=O) groups is 1. The molecule has 0 radical (unpaired) electrons. The Morgan fingerprint density at radius 1 is 0.868 bits per heavy atom. The molecular formula is C31H40ClN3O3. The number of hydrogen-bond donors (Lipinski definition) is 2. The Labute approximate surface area is 231 Å². The Bertz CT molecular complexity index is 1050. The lowest BCUT2D eigenvalue weighted by atomic mass is 9.72. The molecule has 6 nitrogen and oxygen atoms in total. The minimum Gasteiger partial charge on any atom is -0.490 e. The fourth-order valence-corrected chi connectivity index (χ4v) is 7.31. The van der Waals surface area contributed by atoms with Crippen molar-refractivity contribution in [1.29, 1.82) is 0 Å². The maximum Gasteiger partial charge on any atom is 0.321 e. The average molecular weight is 538 g/mol. The van der Waals surface area contributed by atoms with Crippen LogP contribution >= 0.6 is 11.6 Å². The van der Waals surface area contributed by atoms with Gasteiger partial charge >= 0.3 is 6.03 Å². The van der Waals surface area contributed by atoms with Crippen LogP contribution in [0.15, 0.2) is 48.5 Å². The number of rotatable bonds is 5. The van der Waals surface area contributed by atoms with E-state index in [-0.39, 0.29) is 12.1 Å². The van der Waals surface area contributed by atoms with Gasteiger partial charge in [-0.25, -0.2) is 4.79 Å². The summed E-state index contributed by atoms with van der Waals surface area (Å²) >= 11 is 6.03. The van der Waals surface area contributed by atoms with Crippen molar-refractivity contribution in [3.63, 3.8) is 0 Å². The van der Waals surface area contributed by atoms with Crippen LogP contribution in [0.4, 0.5) is 10.5 Å². The summed E-state index contributed by atoms with van der Waals surface area (Å²) in [6, 6.07) is 17.1. The van der Waals surface area contributed by atoms with Crippen molar-refractivity contribution >= 4 is 23.3 Å². The van der Waals surface area contributed by atoms with E-state index in [0.717, 1.165) is 80.3 Å². The first-order valence-electron chi connectivity index (χ1n) is 14.5. The van der Waals surface area contributed by atoms with E-state index in [9.17, 15) is 4.79 Å². The van der Waals surface area contributed by atoms with Gasteiger partial charge in [-0.15, -0.1) is 0 Å². The molecule has 2 bridgehead atoms. The number of nitrogens with one attached hydrogen (secondary N) is 2. The van der Waals surface area contributed by atoms with E-state index in [1.807, 2.05) is 41.3 Å². The van der Waals surface area contributed by atoms with E-state index in [4.69, 9.17) is 21.1 Å². The number of carbonyl (C=O) groups excluding carboxylic acids is 1. The Morgan fingerprint density at radius 2 is 1.53 bits per heavy atom. The molecule has 4 aliphatic heterocycles. The van der Waals surface area contributed by atoms with E-state index < -0.39 is 0 Å². The maximum absolute atomic E-state index is 12.9. The summed E-state index contributed by atoms with van der Waals surface area (Å²) in [5.41, 5.74) is 2.12. The zero-order chi connectivity index (χ0) is 25.9. The van der Waals surface area contributed by atoms with Gasteiger partial charge in [0, 0.05) is 49.1 Å². The predicted molar refractivity (Wildman–Crippen MR) is 151 cm³/mol. The van der Waals surface area contributed by atoms with Gasteiger partial charge in [0.2, 0.25) is 0 Å². The van der Waals surface area contributed by atoms with E-state index >= 15 is 0 Å². The lowest BCUT2D eigenvalue weighted by Crippen LogP contribution is -2.54. The average Bonchev–Trinajstić information content (AvgIpc) is 2.94. The Hall–Kier alpha value is -2.28. The number of nitrogens with zero attached hydrogens (tertiary/aromatic N) is 1. The molecule has 2 aromatic carbocycles. The molecule has 204 valence electrons. The Morgan fingerprint density at radius 3 is 2.18 bits per heavy atom. The monoisotopic (exact) mass is 537 g/mol. The number of fused-ring (bicyclic) bond motifs is 2. The van der Waals surface area contributed by atoms with Crippen LogP contribution in [0.5, 0.6) is 5.75 Å².